The lowest BCUT2D eigenvalue weighted by Crippen LogP contribution is -2.33. The topological polar surface area (TPSA) is 34.0 Å². The van der Waals surface area contributed by atoms with Crippen LogP contribution in [0.2, 0.25) is 0 Å². The van der Waals surface area contributed by atoms with Crippen molar-refractivity contribution in [1.82, 2.24) is 4.57 Å². The van der Waals surface area contributed by atoms with Crippen LogP contribution in [0.15, 0.2) is 35.1 Å². The third-order valence-corrected chi connectivity index (χ3v) is 4.15. The number of pyridine rings is 1. The Balaban J connectivity index is 2.61. The molecule has 0 aliphatic rings. The van der Waals surface area contributed by atoms with Gasteiger partial charge in [0.25, 0.3) is 5.56 Å². The minimum atomic E-state index is 0.0230. The molecule has 0 radical (unpaired) electrons. The summed E-state index contributed by atoms with van der Waals surface area (Å²) in [5, 5.41) is 4.65. The van der Waals surface area contributed by atoms with E-state index in [0.717, 1.165) is 29.4 Å². The van der Waals surface area contributed by atoms with E-state index in [0.29, 0.717) is 0 Å². The maximum absolute atomic E-state index is 12.0. The van der Waals surface area contributed by atoms with Crippen molar-refractivity contribution in [2.24, 2.45) is 7.05 Å². The van der Waals surface area contributed by atoms with Crippen molar-refractivity contribution in [1.29, 1.82) is 0 Å². The van der Waals surface area contributed by atoms with E-state index in [1.807, 2.05) is 25.2 Å². The Labute approximate surface area is 114 Å². The fourth-order valence-corrected chi connectivity index (χ4v) is 2.27. The Morgan fingerprint density at radius 3 is 2.47 bits per heavy atom. The Hall–Kier alpha value is -1.77. The van der Waals surface area contributed by atoms with Crippen LogP contribution in [0.1, 0.15) is 33.6 Å². The molecular formula is C16H22N2O. The van der Waals surface area contributed by atoms with Gasteiger partial charge in [-0.25, -0.2) is 0 Å². The number of hydrogen-bond acceptors (Lipinski definition) is 2. The molecule has 2 aromatic rings. The first kappa shape index (κ1) is 13.7. The summed E-state index contributed by atoms with van der Waals surface area (Å²) in [4.78, 5) is 12.0. The van der Waals surface area contributed by atoms with E-state index in [4.69, 9.17) is 0 Å². The fourth-order valence-electron chi connectivity index (χ4n) is 2.27. The molecule has 0 amide bonds. The molecule has 3 nitrogen and oxygen atoms in total. The van der Waals surface area contributed by atoms with Crippen LogP contribution in [-0.2, 0) is 7.05 Å². The number of para-hydroxylation sites is 1. The van der Waals surface area contributed by atoms with Crippen LogP contribution in [0.4, 0.5) is 5.69 Å². The second kappa shape index (κ2) is 5.08. The van der Waals surface area contributed by atoms with Gasteiger partial charge in [0.15, 0.2) is 0 Å². The van der Waals surface area contributed by atoms with Gasteiger partial charge >= 0.3 is 0 Å². The summed E-state index contributed by atoms with van der Waals surface area (Å²) in [6.07, 6.45) is 2.04. The number of nitrogens with zero attached hydrogens (tertiary/aromatic N) is 1. The number of fused-ring (bicyclic) bond motifs is 1. The summed E-state index contributed by atoms with van der Waals surface area (Å²) in [6, 6.07) is 9.71. The standard InChI is InChI=1S/C16H22N2O/c1-5-16(3,6-2)17-13-11-15(19)18(4)14-10-8-7-9-12(13)14/h7-11,17H,5-6H2,1-4H3. The van der Waals surface area contributed by atoms with Crippen molar-refractivity contribution in [3.05, 3.63) is 40.7 Å². The Kier molecular flexibility index (Phi) is 3.65. The Bertz CT molecular complexity index is 639. The molecule has 2 rings (SSSR count). The number of nitrogens with one attached hydrogen (secondary N) is 1. The van der Waals surface area contributed by atoms with Crippen molar-refractivity contribution in [3.8, 4) is 0 Å². The Morgan fingerprint density at radius 1 is 1.21 bits per heavy atom. The molecule has 102 valence electrons. The summed E-state index contributed by atoms with van der Waals surface area (Å²) in [7, 11) is 1.81. The number of rotatable bonds is 4. The predicted octanol–water partition coefficient (Wildman–Crippen LogP) is 3.53. The molecule has 0 aliphatic heterocycles. The smallest absolute Gasteiger partial charge is 0.252 e. The monoisotopic (exact) mass is 258 g/mol. The molecular weight excluding hydrogens is 236 g/mol. The molecule has 1 heterocycles. The van der Waals surface area contributed by atoms with Gasteiger partial charge in [-0.3, -0.25) is 4.79 Å². The van der Waals surface area contributed by atoms with E-state index in [2.05, 4.69) is 32.2 Å². The van der Waals surface area contributed by atoms with Crippen molar-refractivity contribution in [2.75, 3.05) is 5.32 Å². The molecule has 1 aromatic heterocycles. The maximum atomic E-state index is 12.0. The van der Waals surface area contributed by atoms with Crippen molar-refractivity contribution >= 4 is 16.6 Å². The Morgan fingerprint density at radius 2 is 1.84 bits per heavy atom. The first-order valence-corrected chi connectivity index (χ1v) is 6.87. The zero-order chi connectivity index (χ0) is 14.0. The van der Waals surface area contributed by atoms with Gasteiger partial charge in [-0.15, -0.1) is 0 Å². The summed E-state index contributed by atoms with van der Waals surface area (Å²) in [5.74, 6) is 0. The number of hydrogen-bond donors (Lipinski definition) is 1. The van der Waals surface area contributed by atoms with Crippen LogP contribution in [0.3, 0.4) is 0 Å². The number of aryl methyl sites for hydroxylation is 1. The highest BCUT2D eigenvalue weighted by Gasteiger charge is 2.20. The van der Waals surface area contributed by atoms with E-state index in [1.54, 1.807) is 10.6 Å². The van der Waals surface area contributed by atoms with Gasteiger partial charge in [0.1, 0.15) is 0 Å². The van der Waals surface area contributed by atoms with Gasteiger partial charge in [0.05, 0.1) is 5.52 Å². The highest BCUT2D eigenvalue weighted by Crippen LogP contribution is 2.26. The largest absolute Gasteiger partial charge is 0.379 e. The van der Waals surface area contributed by atoms with Gasteiger partial charge < -0.3 is 9.88 Å². The minimum absolute atomic E-state index is 0.0230. The minimum Gasteiger partial charge on any atom is -0.379 e. The van der Waals surface area contributed by atoms with Gasteiger partial charge in [0, 0.05) is 29.7 Å². The predicted molar refractivity (Wildman–Crippen MR) is 81.8 cm³/mol. The summed E-state index contributed by atoms with van der Waals surface area (Å²) < 4.78 is 1.69. The van der Waals surface area contributed by atoms with Crippen molar-refractivity contribution in [2.45, 2.75) is 39.2 Å². The van der Waals surface area contributed by atoms with Crippen LogP contribution >= 0.6 is 0 Å². The number of aromatic nitrogens is 1. The van der Waals surface area contributed by atoms with Crippen molar-refractivity contribution in [3.63, 3.8) is 0 Å². The third kappa shape index (κ3) is 2.50. The number of benzene rings is 1. The molecule has 0 aliphatic carbocycles. The van der Waals surface area contributed by atoms with Crippen LogP contribution in [0.5, 0.6) is 0 Å². The SMILES string of the molecule is CCC(C)(CC)Nc1cc(=O)n(C)c2ccccc12. The molecule has 3 heteroatoms. The molecule has 0 fully saturated rings. The van der Waals surface area contributed by atoms with Crippen LogP contribution in [0.25, 0.3) is 10.9 Å². The van der Waals surface area contributed by atoms with E-state index in [9.17, 15) is 4.79 Å². The lowest BCUT2D eigenvalue weighted by molar-refractivity contribution is 0.479. The molecule has 0 saturated heterocycles. The summed E-state index contributed by atoms with van der Waals surface area (Å²) in [5.41, 5.74) is 1.95. The molecule has 0 atom stereocenters. The van der Waals surface area contributed by atoms with Gasteiger partial charge in [0.2, 0.25) is 0 Å². The van der Waals surface area contributed by atoms with Gasteiger partial charge in [-0.1, -0.05) is 32.0 Å². The molecule has 0 saturated carbocycles. The zero-order valence-corrected chi connectivity index (χ0v) is 12.2. The average molecular weight is 258 g/mol. The highest BCUT2D eigenvalue weighted by molar-refractivity contribution is 5.91. The molecule has 0 spiro atoms. The van der Waals surface area contributed by atoms with Crippen molar-refractivity contribution < 1.29 is 0 Å². The van der Waals surface area contributed by atoms with E-state index in [-0.39, 0.29) is 11.1 Å². The normalized spacial score (nSPS) is 11.8. The second-order valence-electron chi connectivity index (χ2n) is 5.37. The average Bonchev–Trinajstić information content (AvgIpc) is 2.44. The molecule has 19 heavy (non-hydrogen) atoms. The van der Waals surface area contributed by atoms with E-state index < -0.39 is 0 Å². The molecule has 1 N–H and O–H groups in total. The van der Waals surface area contributed by atoms with Crippen LogP contribution in [-0.4, -0.2) is 10.1 Å². The van der Waals surface area contributed by atoms with Crippen LogP contribution in [0, 0.1) is 0 Å². The second-order valence-corrected chi connectivity index (χ2v) is 5.37. The zero-order valence-electron chi connectivity index (χ0n) is 12.2. The number of anilines is 1. The quantitative estimate of drug-likeness (QED) is 0.910. The molecule has 0 unspecified atom stereocenters. The van der Waals surface area contributed by atoms with E-state index in [1.165, 1.54) is 0 Å². The lowest BCUT2D eigenvalue weighted by atomic mass is 9.95. The fraction of sp³-hybridized carbons (Fsp3) is 0.438. The van der Waals surface area contributed by atoms with Gasteiger partial charge in [-0.2, -0.15) is 0 Å². The molecule has 0 bridgehead atoms. The third-order valence-electron chi connectivity index (χ3n) is 4.15. The summed E-state index contributed by atoms with van der Waals surface area (Å²) >= 11 is 0. The maximum Gasteiger partial charge on any atom is 0.252 e. The van der Waals surface area contributed by atoms with Crippen LogP contribution < -0.4 is 10.9 Å². The first-order chi connectivity index (χ1) is 9.00. The lowest BCUT2D eigenvalue weighted by Gasteiger charge is -2.30. The molecule has 1 aromatic carbocycles. The van der Waals surface area contributed by atoms with E-state index >= 15 is 0 Å². The first-order valence-electron chi connectivity index (χ1n) is 6.87. The summed E-state index contributed by atoms with van der Waals surface area (Å²) in [6.45, 7) is 6.53. The van der Waals surface area contributed by atoms with Gasteiger partial charge in [-0.05, 0) is 25.8 Å². The highest BCUT2D eigenvalue weighted by atomic mass is 16.1.